The lowest BCUT2D eigenvalue weighted by atomic mass is 10.3. The number of nitrogens with zero attached hydrogens (tertiary/aromatic N) is 1. The molecule has 16 heavy (non-hydrogen) atoms. The molecule has 0 aliphatic rings. The van der Waals surface area contributed by atoms with E-state index in [-0.39, 0.29) is 0 Å². The largest absolute Gasteiger partial charge is 0.383 e. The monoisotopic (exact) mass is 306 g/mol. The summed E-state index contributed by atoms with van der Waals surface area (Å²) < 4.78 is 6.22. The molecule has 0 unspecified atom stereocenters. The van der Waals surface area contributed by atoms with E-state index < -0.39 is 0 Å². The first kappa shape index (κ1) is 14.1. The molecule has 0 saturated carbocycles. The van der Waals surface area contributed by atoms with Crippen LogP contribution in [0.5, 0.6) is 0 Å². The summed E-state index contributed by atoms with van der Waals surface area (Å²) in [5.74, 6) is 0. The van der Waals surface area contributed by atoms with Gasteiger partial charge in [0, 0.05) is 33.3 Å². The molecule has 0 saturated heterocycles. The third kappa shape index (κ3) is 5.96. The summed E-state index contributed by atoms with van der Waals surface area (Å²) in [7, 11) is 3.85. The van der Waals surface area contributed by atoms with Crippen molar-refractivity contribution in [1.82, 2.24) is 10.2 Å². The maximum absolute atomic E-state index is 5.02. The molecule has 1 heterocycles. The fourth-order valence-electron chi connectivity index (χ4n) is 1.30. The van der Waals surface area contributed by atoms with E-state index in [2.05, 4.69) is 44.6 Å². The lowest BCUT2D eigenvalue weighted by molar-refractivity contribution is 0.161. The SMILES string of the molecule is COCCN(C)CCNCc1csc(Br)c1. The first-order valence-corrected chi connectivity index (χ1v) is 7.00. The standard InChI is InChI=1S/C11H19BrN2OS/c1-14(5-6-15-2)4-3-13-8-10-7-11(12)16-9-10/h7,9,13H,3-6,8H2,1-2H3. The average Bonchev–Trinajstić information content (AvgIpc) is 2.67. The molecule has 0 bridgehead atoms. The van der Waals surface area contributed by atoms with Gasteiger partial charge in [0.15, 0.2) is 0 Å². The van der Waals surface area contributed by atoms with Crippen molar-refractivity contribution in [3.05, 3.63) is 20.8 Å². The fraction of sp³-hybridized carbons (Fsp3) is 0.636. The van der Waals surface area contributed by atoms with Gasteiger partial charge < -0.3 is 15.0 Å². The van der Waals surface area contributed by atoms with Gasteiger partial charge in [0.25, 0.3) is 0 Å². The molecule has 0 fully saturated rings. The molecule has 1 aromatic rings. The van der Waals surface area contributed by atoms with Crippen LogP contribution in [-0.4, -0.2) is 45.3 Å². The number of halogens is 1. The molecule has 0 amide bonds. The van der Waals surface area contributed by atoms with Gasteiger partial charge >= 0.3 is 0 Å². The van der Waals surface area contributed by atoms with Gasteiger partial charge in [0.2, 0.25) is 0 Å². The second kappa shape index (κ2) is 8.20. The van der Waals surface area contributed by atoms with Crippen molar-refractivity contribution in [2.75, 3.05) is 40.4 Å². The number of methoxy groups -OCH3 is 1. The maximum atomic E-state index is 5.02. The van der Waals surface area contributed by atoms with E-state index >= 15 is 0 Å². The molecule has 1 rings (SSSR count). The summed E-state index contributed by atoms with van der Waals surface area (Å²) in [4.78, 5) is 2.26. The van der Waals surface area contributed by atoms with Crippen LogP contribution < -0.4 is 5.32 Å². The van der Waals surface area contributed by atoms with E-state index in [4.69, 9.17) is 4.74 Å². The van der Waals surface area contributed by atoms with Crippen molar-refractivity contribution in [2.45, 2.75) is 6.54 Å². The third-order valence-corrected chi connectivity index (χ3v) is 3.85. The van der Waals surface area contributed by atoms with E-state index in [0.29, 0.717) is 0 Å². The molecule has 3 nitrogen and oxygen atoms in total. The lowest BCUT2D eigenvalue weighted by Crippen LogP contribution is -2.31. The van der Waals surface area contributed by atoms with Crippen LogP contribution in [0.15, 0.2) is 15.2 Å². The predicted octanol–water partition coefficient (Wildman–Crippen LogP) is 2.18. The van der Waals surface area contributed by atoms with Gasteiger partial charge in [-0.15, -0.1) is 11.3 Å². The Morgan fingerprint density at radius 1 is 1.50 bits per heavy atom. The second-order valence-corrected chi connectivity index (χ2v) is 6.02. The van der Waals surface area contributed by atoms with E-state index in [1.165, 1.54) is 9.35 Å². The lowest BCUT2D eigenvalue weighted by Gasteiger charge is -2.15. The minimum absolute atomic E-state index is 0.800. The molecule has 0 aliphatic carbocycles. The summed E-state index contributed by atoms with van der Waals surface area (Å²) in [6.07, 6.45) is 0. The zero-order valence-corrected chi connectivity index (χ0v) is 12.2. The van der Waals surface area contributed by atoms with Gasteiger partial charge in [-0.2, -0.15) is 0 Å². The number of hydrogen-bond acceptors (Lipinski definition) is 4. The fourth-order valence-corrected chi connectivity index (χ4v) is 2.51. The highest BCUT2D eigenvalue weighted by molar-refractivity contribution is 9.11. The molecular weight excluding hydrogens is 288 g/mol. The highest BCUT2D eigenvalue weighted by atomic mass is 79.9. The van der Waals surface area contributed by atoms with Crippen molar-refractivity contribution in [3.63, 3.8) is 0 Å². The number of hydrogen-bond donors (Lipinski definition) is 1. The highest BCUT2D eigenvalue weighted by Gasteiger charge is 1.99. The van der Waals surface area contributed by atoms with Crippen molar-refractivity contribution in [2.24, 2.45) is 0 Å². The molecule has 0 aromatic carbocycles. The summed E-state index contributed by atoms with van der Waals surface area (Å²) in [6, 6.07) is 2.16. The number of ether oxygens (including phenoxy) is 1. The van der Waals surface area contributed by atoms with Crippen LogP contribution in [-0.2, 0) is 11.3 Å². The normalized spacial score (nSPS) is 11.2. The van der Waals surface area contributed by atoms with E-state index in [0.717, 1.165) is 32.8 Å². The minimum Gasteiger partial charge on any atom is -0.383 e. The molecule has 0 radical (unpaired) electrons. The van der Waals surface area contributed by atoms with E-state index in [1.54, 1.807) is 18.4 Å². The Balaban J connectivity index is 2.03. The van der Waals surface area contributed by atoms with Crippen LogP contribution in [0.3, 0.4) is 0 Å². The van der Waals surface area contributed by atoms with Crippen LogP contribution in [0.1, 0.15) is 5.56 Å². The van der Waals surface area contributed by atoms with Gasteiger partial charge in [0.05, 0.1) is 10.4 Å². The van der Waals surface area contributed by atoms with Crippen LogP contribution >= 0.6 is 27.3 Å². The van der Waals surface area contributed by atoms with Crippen LogP contribution in [0, 0.1) is 0 Å². The van der Waals surface area contributed by atoms with Gasteiger partial charge in [0.1, 0.15) is 0 Å². The Kier molecular flexibility index (Phi) is 7.23. The van der Waals surface area contributed by atoms with Crippen molar-refractivity contribution in [1.29, 1.82) is 0 Å². The smallest absolute Gasteiger partial charge is 0.0701 e. The summed E-state index contributed by atoms with van der Waals surface area (Å²) in [6.45, 7) is 4.79. The Bertz CT molecular complexity index is 293. The maximum Gasteiger partial charge on any atom is 0.0701 e. The molecular formula is C11H19BrN2OS. The Morgan fingerprint density at radius 2 is 2.31 bits per heavy atom. The van der Waals surface area contributed by atoms with Gasteiger partial charge in [-0.3, -0.25) is 0 Å². The van der Waals surface area contributed by atoms with Gasteiger partial charge in [-0.1, -0.05) is 0 Å². The molecule has 5 heteroatoms. The molecule has 1 N–H and O–H groups in total. The number of rotatable bonds is 8. The Labute approximate surface area is 110 Å². The first-order chi connectivity index (χ1) is 7.72. The van der Waals surface area contributed by atoms with Crippen molar-refractivity contribution < 1.29 is 4.74 Å². The van der Waals surface area contributed by atoms with E-state index in [9.17, 15) is 0 Å². The van der Waals surface area contributed by atoms with Gasteiger partial charge in [-0.25, -0.2) is 0 Å². The number of thiophene rings is 1. The van der Waals surface area contributed by atoms with Crippen molar-refractivity contribution in [3.8, 4) is 0 Å². The predicted molar refractivity (Wildman–Crippen MR) is 73.1 cm³/mol. The summed E-state index contributed by atoms with van der Waals surface area (Å²) in [5.41, 5.74) is 1.34. The quantitative estimate of drug-likeness (QED) is 0.745. The van der Waals surface area contributed by atoms with Crippen LogP contribution in [0.25, 0.3) is 0 Å². The third-order valence-electron chi connectivity index (χ3n) is 2.30. The highest BCUT2D eigenvalue weighted by Crippen LogP contribution is 2.20. The number of likely N-dealkylation sites (N-methyl/N-ethyl adjacent to an activating group) is 1. The van der Waals surface area contributed by atoms with Crippen LogP contribution in [0.2, 0.25) is 0 Å². The zero-order valence-electron chi connectivity index (χ0n) is 9.83. The molecule has 1 aromatic heterocycles. The topological polar surface area (TPSA) is 24.5 Å². The minimum atomic E-state index is 0.800. The molecule has 0 atom stereocenters. The molecule has 0 aliphatic heterocycles. The Hall–Kier alpha value is 0.0600. The molecule has 92 valence electrons. The van der Waals surface area contributed by atoms with Crippen LogP contribution in [0.4, 0.5) is 0 Å². The van der Waals surface area contributed by atoms with Gasteiger partial charge in [-0.05, 0) is 40.0 Å². The van der Waals surface area contributed by atoms with E-state index in [1.807, 2.05) is 0 Å². The first-order valence-electron chi connectivity index (χ1n) is 5.33. The zero-order chi connectivity index (χ0) is 11.8. The average molecular weight is 307 g/mol. The number of nitrogens with one attached hydrogen (secondary N) is 1. The second-order valence-electron chi connectivity index (χ2n) is 3.73. The van der Waals surface area contributed by atoms with Crippen molar-refractivity contribution >= 4 is 27.3 Å². The Morgan fingerprint density at radius 3 is 2.94 bits per heavy atom. The summed E-state index contributed by atoms with van der Waals surface area (Å²) >= 11 is 5.19. The molecule has 0 spiro atoms. The summed E-state index contributed by atoms with van der Waals surface area (Å²) in [5, 5.41) is 5.60.